The molecule has 2 N–H and O–H groups in total. The van der Waals surface area contributed by atoms with E-state index in [1.54, 1.807) is 30.3 Å². The first-order valence-corrected chi connectivity index (χ1v) is 3.88. The van der Waals surface area contributed by atoms with Gasteiger partial charge in [0, 0.05) is 11.8 Å². The lowest BCUT2D eigenvalue weighted by Gasteiger charge is -1.99. The number of nitrogens with zero attached hydrogens (tertiary/aromatic N) is 1. The van der Waals surface area contributed by atoms with Gasteiger partial charge in [-0.2, -0.15) is 5.26 Å². The third-order valence-electron chi connectivity index (χ3n) is 1.51. The van der Waals surface area contributed by atoms with Crippen LogP contribution in [0.15, 0.2) is 30.3 Å². The van der Waals surface area contributed by atoms with Crippen LogP contribution < -0.4 is 5.32 Å². The van der Waals surface area contributed by atoms with Crippen molar-refractivity contribution in [3.8, 4) is 6.07 Å². The van der Waals surface area contributed by atoms with E-state index in [9.17, 15) is 4.79 Å². The standard InChI is InChI=1S/C10H8N2O2/c11-7-1-2-8-3-5-9(6-4-8)12-10(13)14/h1-6,12H,(H,13,14). The summed E-state index contributed by atoms with van der Waals surface area (Å²) in [5.41, 5.74) is 1.36. The number of amides is 1. The van der Waals surface area contributed by atoms with E-state index >= 15 is 0 Å². The normalized spacial score (nSPS) is 9.64. The molecule has 0 atom stereocenters. The first-order chi connectivity index (χ1) is 6.72. The van der Waals surface area contributed by atoms with Gasteiger partial charge in [0.2, 0.25) is 0 Å². The monoisotopic (exact) mass is 188 g/mol. The molecular formula is C10H8N2O2. The number of carboxylic acid groups (broad SMARTS) is 1. The van der Waals surface area contributed by atoms with Crippen molar-refractivity contribution in [2.75, 3.05) is 5.32 Å². The maximum atomic E-state index is 10.3. The smallest absolute Gasteiger partial charge is 0.409 e. The van der Waals surface area contributed by atoms with E-state index < -0.39 is 6.09 Å². The molecule has 0 bridgehead atoms. The zero-order chi connectivity index (χ0) is 10.4. The van der Waals surface area contributed by atoms with Crippen LogP contribution in [0, 0.1) is 11.3 Å². The summed E-state index contributed by atoms with van der Waals surface area (Å²) in [4.78, 5) is 10.3. The molecule has 1 aromatic carbocycles. The highest BCUT2D eigenvalue weighted by molar-refractivity contribution is 5.82. The van der Waals surface area contributed by atoms with Crippen molar-refractivity contribution in [2.24, 2.45) is 0 Å². The van der Waals surface area contributed by atoms with Crippen LogP contribution in [0.25, 0.3) is 6.08 Å². The van der Waals surface area contributed by atoms with Gasteiger partial charge in [-0.3, -0.25) is 5.32 Å². The minimum Gasteiger partial charge on any atom is -0.465 e. The van der Waals surface area contributed by atoms with Crippen molar-refractivity contribution >= 4 is 17.9 Å². The molecule has 70 valence electrons. The molecule has 0 fully saturated rings. The Hall–Kier alpha value is -2.28. The molecule has 4 heteroatoms. The first-order valence-electron chi connectivity index (χ1n) is 3.88. The van der Waals surface area contributed by atoms with Crippen molar-refractivity contribution in [1.29, 1.82) is 5.26 Å². The molecule has 0 saturated heterocycles. The van der Waals surface area contributed by atoms with Crippen molar-refractivity contribution in [3.63, 3.8) is 0 Å². The number of benzene rings is 1. The van der Waals surface area contributed by atoms with Gasteiger partial charge in [-0.05, 0) is 23.8 Å². The average molecular weight is 188 g/mol. The Morgan fingerprint density at radius 1 is 1.43 bits per heavy atom. The molecule has 0 aromatic heterocycles. The fourth-order valence-electron chi connectivity index (χ4n) is 0.935. The maximum absolute atomic E-state index is 10.3. The molecule has 4 nitrogen and oxygen atoms in total. The van der Waals surface area contributed by atoms with Crippen molar-refractivity contribution in [1.82, 2.24) is 0 Å². The number of nitriles is 1. The Labute approximate surface area is 81.1 Å². The number of hydrogen-bond acceptors (Lipinski definition) is 2. The lowest BCUT2D eigenvalue weighted by Crippen LogP contribution is -2.06. The minimum atomic E-state index is -1.09. The Bertz CT molecular complexity index is 388. The molecule has 0 heterocycles. The second-order valence-electron chi connectivity index (χ2n) is 2.51. The summed E-state index contributed by atoms with van der Waals surface area (Å²) in [6.45, 7) is 0. The number of allylic oxidation sites excluding steroid dienone is 1. The van der Waals surface area contributed by atoms with Crippen LogP contribution in [0.1, 0.15) is 5.56 Å². The van der Waals surface area contributed by atoms with E-state index in [2.05, 4.69) is 5.32 Å². The van der Waals surface area contributed by atoms with Crippen LogP contribution >= 0.6 is 0 Å². The highest BCUT2D eigenvalue weighted by atomic mass is 16.4. The number of carbonyl (C=O) groups is 1. The van der Waals surface area contributed by atoms with E-state index in [1.165, 1.54) is 6.08 Å². The van der Waals surface area contributed by atoms with Crippen LogP contribution in [0.5, 0.6) is 0 Å². The summed E-state index contributed by atoms with van der Waals surface area (Å²) in [5, 5.41) is 18.9. The van der Waals surface area contributed by atoms with Crippen molar-refractivity contribution in [2.45, 2.75) is 0 Å². The van der Waals surface area contributed by atoms with Gasteiger partial charge in [0.1, 0.15) is 0 Å². The molecule has 1 rings (SSSR count). The molecule has 0 aliphatic rings. The van der Waals surface area contributed by atoms with Gasteiger partial charge in [-0.15, -0.1) is 0 Å². The molecular weight excluding hydrogens is 180 g/mol. The summed E-state index contributed by atoms with van der Waals surface area (Å²) in [6.07, 6.45) is 1.91. The predicted molar refractivity (Wildman–Crippen MR) is 52.7 cm³/mol. The molecule has 0 spiro atoms. The number of nitrogens with one attached hydrogen (secondary N) is 1. The third kappa shape index (κ3) is 2.99. The highest BCUT2D eigenvalue weighted by Crippen LogP contribution is 2.10. The summed E-state index contributed by atoms with van der Waals surface area (Å²) < 4.78 is 0. The topological polar surface area (TPSA) is 73.1 Å². The summed E-state index contributed by atoms with van der Waals surface area (Å²) >= 11 is 0. The zero-order valence-electron chi connectivity index (χ0n) is 7.27. The van der Waals surface area contributed by atoms with E-state index in [-0.39, 0.29) is 0 Å². The average Bonchev–Trinajstić information content (AvgIpc) is 2.16. The van der Waals surface area contributed by atoms with E-state index in [4.69, 9.17) is 10.4 Å². The zero-order valence-corrected chi connectivity index (χ0v) is 7.27. The second-order valence-corrected chi connectivity index (χ2v) is 2.51. The SMILES string of the molecule is N#CC=Cc1ccc(NC(=O)O)cc1. The molecule has 0 aliphatic carbocycles. The van der Waals surface area contributed by atoms with Crippen LogP contribution in [-0.2, 0) is 0 Å². The maximum Gasteiger partial charge on any atom is 0.409 e. The van der Waals surface area contributed by atoms with Gasteiger partial charge in [-0.1, -0.05) is 12.1 Å². The summed E-state index contributed by atoms with van der Waals surface area (Å²) in [6, 6.07) is 8.58. The Morgan fingerprint density at radius 3 is 2.57 bits per heavy atom. The van der Waals surface area contributed by atoms with Gasteiger partial charge in [0.25, 0.3) is 0 Å². The molecule has 0 aliphatic heterocycles. The van der Waals surface area contributed by atoms with Crippen LogP contribution in [-0.4, -0.2) is 11.2 Å². The molecule has 0 unspecified atom stereocenters. The first kappa shape index (κ1) is 9.81. The Kier molecular flexibility index (Phi) is 3.27. The lowest BCUT2D eigenvalue weighted by atomic mass is 10.2. The van der Waals surface area contributed by atoms with Gasteiger partial charge in [0.05, 0.1) is 6.07 Å². The minimum absolute atomic E-state index is 0.506. The molecule has 1 amide bonds. The van der Waals surface area contributed by atoms with E-state index in [1.807, 2.05) is 6.07 Å². The lowest BCUT2D eigenvalue weighted by molar-refractivity contribution is 0.210. The fourth-order valence-corrected chi connectivity index (χ4v) is 0.935. The second kappa shape index (κ2) is 4.67. The van der Waals surface area contributed by atoms with Gasteiger partial charge in [0.15, 0.2) is 0 Å². The van der Waals surface area contributed by atoms with E-state index in [0.717, 1.165) is 5.56 Å². The summed E-state index contributed by atoms with van der Waals surface area (Å²) in [7, 11) is 0. The van der Waals surface area contributed by atoms with Gasteiger partial charge in [-0.25, -0.2) is 4.79 Å². The van der Waals surface area contributed by atoms with Crippen molar-refractivity contribution < 1.29 is 9.90 Å². The highest BCUT2D eigenvalue weighted by Gasteiger charge is 1.95. The fraction of sp³-hybridized carbons (Fsp3) is 0. The third-order valence-corrected chi connectivity index (χ3v) is 1.51. The Morgan fingerprint density at radius 2 is 2.07 bits per heavy atom. The van der Waals surface area contributed by atoms with Gasteiger partial charge < -0.3 is 5.11 Å². The van der Waals surface area contributed by atoms with Crippen LogP contribution in [0.4, 0.5) is 10.5 Å². The quantitative estimate of drug-likeness (QED) is 0.699. The molecule has 0 radical (unpaired) electrons. The Balaban J connectivity index is 2.74. The predicted octanol–water partition coefficient (Wildman–Crippen LogP) is 2.31. The van der Waals surface area contributed by atoms with Crippen LogP contribution in [0.2, 0.25) is 0 Å². The largest absolute Gasteiger partial charge is 0.465 e. The van der Waals surface area contributed by atoms with Gasteiger partial charge >= 0.3 is 6.09 Å². The molecule has 1 aromatic rings. The molecule has 14 heavy (non-hydrogen) atoms. The number of hydrogen-bond donors (Lipinski definition) is 2. The van der Waals surface area contributed by atoms with Crippen LogP contribution in [0.3, 0.4) is 0 Å². The number of anilines is 1. The van der Waals surface area contributed by atoms with Crippen molar-refractivity contribution in [3.05, 3.63) is 35.9 Å². The number of rotatable bonds is 2. The summed E-state index contributed by atoms with van der Waals surface area (Å²) in [5.74, 6) is 0. The molecule has 0 saturated carbocycles. The van der Waals surface area contributed by atoms with E-state index in [0.29, 0.717) is 5.69 Å².